The van der Waals surface area contributed by atoms with Crippen LogP contribution in [0.15, 0.2) is 16.5 Å². The van der Waals surface area contributed by atoms with Crippen LogP contribution < -0.4 is 5.32 Å². The number of furan rings is 1. The van der Waals surface area contributed by atoms with E-state index in [9.17, 15) is 0 Å². The summed E-state index contributed by atoms with van der Waals surface area (Å²) in [4.78, 5) is 2.37. The molecule has 0 aromatic carbocycles. The minimum Gasteiger partial charge on any atom is -0.463 e. The van der Waals surface area contributed by atoms with Crippen molar-refractivity contribution >= 4 is 0 Å². The molecule has 0 bridgehead atoms. The third kappa shape index (κ3) is 4.14. The Morgan fingerprint density at radius 3 is 2.67 bits per heavy atom. The van der Waals surface area contributed by atoms with Gasteiger partial charge in [0, 0.05) is 12.6 Å². The van der Waals surface area contributed by atoms with Crippen LogP contribution in [0, 0.1) is 11.8 Å². The minimum absolute atomic E-state index is 0.498. The van der Waals surface area contributed by atoms with Crippen molar-refractivity contribution in [2.75, 3.05) is 13.6 Å². The zero-order chi connectivity index (χ0) is 13.1. The van der Waals surface area contributed by atoms with Gasteiger partial charge in [-0.3, -0.25) is 4.90 Å². The van der Waals surface area contributed by atoms with E-state index in [1.165, 1.54) is 13.0 Å². The average molecular weight is 250 g/mol. The fraction of sp³-hybridized carbons (Fsp3) is 0.733. The fourth-order valence-electron chi connectivity index (χ4n) is 2.29. The lowest BCUT2D eigenvalue weighted by Crippen LogP contribution is -2.21. The molecule has 1 N–H and O–H groups in total. The molecule has 2 unspecified atom stereocenters. The van der Waals surface area contributed by atoms with Crippen LogP contribution >= 0.6 is 0 Å². The van der Waals surface area contributed by atoms with Crippen molar-refractivity contribution in [1.82, 2.24) is 10.2 Å². The van der Waals surface area contributed by atoms with E-state index in [0.29, 0.717) is 6.04 Å². The Balaban J connectivity index is 1.75. The second kappa shape index (κ2) is 5.89. The van der Waals surface area contributed by atoms with Crippen molar-refractivity contribution in [3.8, 4) is 0 Å². The average Bonchev–Trinajstić information content (AvgIpc) is 2.79. The molecule has 2 atom stereocenters. The molecule has 3 nitrogen and oxygen atoms in total. The standard InChI is InChI=1S/C15H26N2O/c1-11(2)16-8-14-5-6-15(18-14)10-17(4)9-13-7-12(13)3/h5-6,11-13,16H,7-10H2,1-4H3. The van der Waals surface area contributed by atoms with Crippen LogP contribution in [-0.2, 0) is 13.1 Å². The molecule has 1 saturated carbocycles. The molecule has 0 radical (unpaired) electrons. The molecule has 1 aliphatic rings. The first-order valence-electron chi connectivity index (χ1n) is 7.04. The van der Waals surface area contributed by atoms with Gasteiger partial charge in [-0.25, -0.2) is 0 Å². The quantitative estimate of drug-likeness (QED) is 0.806. The lowest BCUT2D eigenvalue weighted by molar-refractivity contribution is 0.275. The Bertz CT molecular complexity index is 372. The Morgan fingerprint density at radius 1 is 1.39 bits per heavy atom. The van der Waals surface area contributed by atoms with Crippen molar-refractivity contribution in [3.05, 3.63) is 23.7 Å². The molecule has 0 aliphatic heterocycles. The molecule has 0 amide bonds. The number of rotatable bonds is 7. The highest BCUT2D eigenvalue weighted by Crippen LogP contribution is 2.38. The third-order valence-electron chi connectivity index (χ3n) is 3.65. The Hall–Kier alpha value is -0.800. The van der Waals surface area contributed by atoms with Gasteiger partial charge in [-0.05, 0) is 37.4 Å². The molecule has 1 aromatic rings. The zero-order valence-electron chi connectivity index (χ0n) is 12.1. The smallest absolute Gasteiger partial charge is 0.118 e. The highest BCUT2D eigenvalue weighted by Gasteiger charge is 2.33. The van der Waals surface area contributed by atoms with Gasteiger partial charge in [0.1, 0.15) is 11.5 Å². The van der Waals surface area contributed by atoms with Gasteiger partial charge in [0.05, 0.1) is 13.1 Å². The predicted molar refractivity (Wildman–Crippen MR) is 74.3 cm³/mol. The molecule has 18 heavy (non-hydrogen) atoms. The summed E-state index contributed by atoms with van der Waals surface area (Å²) in [6.45, 7) is 9.57. The molecule has 0 saturated heterocycles. The normalized spacial score (nSPS) is 23.0. The van der Waals surface area contributed by atoms with E-state index in [1.807, 2.05) is 0 Å². The van der Waals surface area contributed by atoms with Crippen LogP contribution in [0.25, 0.3) is 0 Å². The van der Waals surface area contributed by atoms with Gasteiger partial charge in [-0.1, -0.05) is 20.8 Å². The van der Waals surface area contributed by atoms with Crippen LogP contribution in [0.4, 0.5) is 0 Å². The van der Waals surface area contributed by atoms with E-state index < -0.39 is 0 Å². The van der Waals surface area contributed by atoms with Gasteiger partial charge < -0.3 is 9.73 Å². The maximum Gasteiger partial charge on any atom is 0.118 e. The fourth-order valence-corrected chi connectivity index (χ4v) is 2.29. The lowest BCUT2D eigenvalue weighted by atomic mass is 10.3. The number of nitrogens with one attached hydrogen (secondary N) is 1. The molecular formula is C15H26N2O. The van der Waals surface area contributed by atoms with Crippen molar-refractivity contribution in [2.24, 2.45) is 11.8 Å². The van der Waals surface area contributed by atoms with E-state index in [-0.39, 0.29) is 0 Å². The van der Waals surface area contributed by atoms with Crippen LogP contribution in [0.2, 0.25) is 0 Å². The third-order valence-corrected chi connectivity index (χ3v) is 3.65. The second-order valence-corrected chi connectivity index (χ2v) is 6.07. The molecule has 2 rings (SSSR count). The van der Waals surface area contributed by atoms with E-state index in [2.05, 4.69) is 50.2 Å². The molecular weight excluding hydrogens is 224 g/mol. The second-order valence-electron chi connectivity index (χ2n) is 6.07. The van der Waals surface area contributed by atoms with Crippen molar-refractivity contribution < 1.29 is 4.42 Å². The van der Waals surface area contributed by atoms with Crippen molar-refractivity contribution in [2.45, 2.75) is 46.3 Å². The summed E-state index contributed by atoms with van der Waals surface area (Å²) in [7, 11) is 2.18. The molecule has 1 heterocycles. The first kappa shape index (κ1) is 13.6. The maximum atomic E-state index is 5.83. The molecule has 1 fully saturated rings. The molecule has 1 aromatic heterocycles. The highest BCUT2D eigenvalue weighted by molar-refractivity contribution is 5.07. The van der Waals surface area contributed by atoms with Gasteiger partial charge in [-0.2, -0.15) is 0 Å². The van der Waals surface area contributed by atoms with Crippen LogP contribution in [0.3, 0.4) is 0 Å². The topological polar surface area (TPSA) is 28.4 Å². The van der Waals surface area contributed by atoms with E-state index in [1.54, 1.807) is 0 Å². The first-order chi connectivity index (χ1) is 8.54. The monoisotopic (exact) mass is 250 g/mol. The summed E-state index contributed by atoms with van der Waals surface area (Å²) in [6, 6.07) is 4.68. The van der Waals surface area contributed by atoms with Crippen LogP contribution in [-0.4, -0.2) is 24.5 Å². The molecule has 102 valence electrons. The molecule has 1 aliphatic carbocycles. The number of hydrogen-bond donors (Lipinski definition) is 1. The van der Waals surface area contributed by atoms with Gasteiger partial charge in [-0.15, -0.1) is 0 Å². The number of hydrogen-bond acceptors (Lipinski definition) is 3. The Kier molecular flexibility index (Phi) is 4.46. The Labute approximate surface area is 111 Å². The summed E-state index contributed by atoms with van der Waals surface area (Å²) >= 11 is 0. The van der Waals surface area contributed by atoms with Gasteiger partial charge in [0.25, 0.3) is 0 Å². The summed E-state index contributed by atoms with van der Waals surface area (Å²) in [5.41, 5.74) is 0. The van der Waals surface area contributed by atoms with Crippen LogP contribution in [0.1, 0.15) is 38.7 Å². The highest BCUT2D eigenvalue weighted by atomic mass is 16.3. The molecule has 3 heteroatoms. The summed E-state index contributed by atoms with van der Waals surface area (Å²) in [5, 5.41) is 3.37. The molecule has 0 spiro atoms. The van der Waals surface area contributed by atoms with E-state index >= 15 is 0 Å². The summed E-state index contributed by atoms with van der Waals surface area (Å²) < 4.78 is 5.83. The van der Waals surface area contributed by atoms with Crippen LogP contribution in [0.5, 0.6) is 0 Å². The lowest BCUT2D eigenvalue weighted by Gasteiger charge is -2.14. The van der Waals surface area contributed by atoms with Crippen molar-refractivity contribution in [3.63, 3.8) is 0 Å². The van der Waals surface area contributed by atoms with Gasteiger partial charge in [0.2, 0.25) is 0 Å². The minimum atomic E-state index is 0.498. The zero-order valence-corrected chi connectivity index (χ0v) is 12.1. The largest absolute Gasteiger partial charge is 0.463 e. The maximum absolute atomic E-state index is 5.83. The van der Waals surface area contributed by atoms with Gasteiger partial charge >= 0.3 is 0 Å². The van der Waals surface area contributed by atoms with Crippen molar-refractivity contribution in [1.29, 1.82) is 0 Å². The Morgan fingerprint density at radius 2 is 2.06 bits per heavy atom. The number of nitrogens with zero attached hydrogens (tertiary/aromatic N) is 1. The van der Waals surface area contributed by atoms with Gasteiger partial charge in [0.15, 0.2) is 0 Å². The summed E-state index contributed by atoms with van der Waals surface area (Å²) in [5.74, 6) is 3.94. The SMILES string of the molecule is CC(C)NCc1ccc(CN(C)CC2CC2C)o1. The summed E-state index contributed by atoms with van der Waals surface area (Å²) in [6.07, 6.45) is 1.39. The van der Waals surface area contributed by atoms with E-state index in [0.717, 1.165) is 36.4 Å². The predicted octanol–water partition coefficient (Wildman–Crippen LogP) is 2.87. The first-order valence-corrected chi connectivity index (χ1v) is 7.04. The van der Waals surface area contributed by atoms with E-state index in [4.69, 9.17) is 4.42 Å².